The number of ether oxygens (including phenoxy) is 5. The van der Waals surface area contributed by atoms with Crippen LogP contribution in [0.3, 0.4) is 0 Å². The Balaban J connectivity index is 1.42. The summed E-state index contributed by atoms with van der Waals surface area (Å²) in [6.45, 7) is 7.83. The molecule has 1 saturated heterocycles. The first-order valence-corrected chi connectivity index (χ1v) is 13.6. The number of hydrogen-bond acceptors (Lipinski definition) is 14. The van der Waals surface area contributed by atoms with Crippen LogP contribution in [0.5, 0.6) is 0 Å². The Hall–Kier alpha value is -4.33. The van der Waals surface area contributed by atoms with Gasteiger partial charge in [-0.25, -0.2) is 0 Å². The van der Waals surface area contributed by atoms with Crippen LogP contribution < -0.4 is 0 Å². The number of nitrogens with zero attached hydrogens (tertiary/aromatic N) is 5. The van der Waals surface area contributed by atoms with E-state index < -0.39 is 54.5 Å². The summed E-state index contributed by atoms with van der Waals surface area (Å²) in [7, 11) is 0. The highest BCUT2D eigenvalue weighted by molar-refractivity contribution is 5.68. The number of aromatic nitrogens is 1. The first-order chi connectivity index (χ1) is 20.1. The number of esters is 4. The van der Waals surface area contributed by atoms with Crippen molar-refractivity contribution in [2.24, 2.45) is 0 Å². The normalized spacial score (nSPS) is 25.0. The Bertz CT molecular complexity index is 1180. The van der Waals surface area contributed by atoms with Gasteiger partial charge in [-0.05, 0) is 12.1 Å². The monoisotopic (exact) mass is 587 g/mol. The van der Waals surface area contributed by atoms with Crippen molar-refractivity contribution in [3.63, 3.8) is 0 Å². The van der Waals surface area contributed by atoms with Gasteiger partial charge in [0, 0.05) is 71.8 Å². The fraction of sp³-hybridized carbons (Fsp3) is 0.536. The maximum Gasteiger partial charge on any atom is 0.303 e. The number of carbonyl (C=O) groups excluding carboxylic acids is 4. The van der Waals surface area contributed by atoms with Gasteiger partial charge in [-0.1, -0.05) is 6.07 Å². The first kappa shape index (κ1) is 30.6. The van der Waals surface area contributed by atoms with Crippen LogP contribution in [0.1, 0.15) is 33.4 Å². The van der Waals surface area contributed by atoms with E-state index in [1.165, 1.54) is 27.7 Å². The van der Waals surface area contributed by atoms with E-state index in [2.05, 4.69) is 19.7 Å². The predicted molar refractivity (Wildman–Crippen MR) is 145 cm³/mol. The molecule has 0 bridgehead atoms. The summed E-state index contributed by atoms with van der Waals surface area (Å²) in [5, 5.41) is 0. The molecule has 0 unspecified atom stereocenters. The van der Waals surface area contributed by atoms with Crippen LogP contribution in [0.4, 0.5) is 0 Å². The molecule has 1 aromatic heterocycles. The molecule has 1 aromatic rings. The zero-order valence-corrected chi connectivity index (χ0v) is 24.2. The van der Waals surface area contributed by atoms with Gasteiger partial charge in [-0.3, -0.25) is 24.2 Å². The Morgan fingerprint density at radius 1 is 0.786 bits per heavy atom. The van der Waals surface area contributed by atoms with Gasteiger partial charge in [-0.2, -0.15) is 0 Å². The van der Waals surface area contributed by atoms with Crippen molar-refractivity contribution in [2.45, 2.75) is 64.9 Å². The van der Waals surface area contributed by atoms with Crippen LogP contribution in [0.25, 0.3) is 0 Å². The lowest BCUT2D eigenvalue weighted by Crippen LogP contribution is -2.65. The van der Waals surface area contributed by atoms with Crippen LogP contribution in [0.15, 0.2) is 49.2 Å². The average Bonchev–Trinajstić information content (AvgIpc) is 3.58. The smallest absolute Gasteiger partial charge is 0.303 e. The largest absolute Gasteiger partial charge is 0.463 e. The standard InChI is InChI=1S/C28H37N5O9/c1-19(34)38-16-24-25(39-20(2)35)26(40-21(3)36)27(41-22(4)37)28(42-24)33-14-13-31(18-33)10-9-30-11-12-32(17-30)15-23-7-5-6-8-29-23/h5-8,11-14,24-28H,9-10,15-18H2,1-4H3/t24-,25-,26+,27-,28-/m1/s1. The summed E-state index contributed by atoms with van der Waals surface area (Å²) >= 11 is 0. The van der Waals surface area contributed by atoms with Gasteiger partial charge in [0.05, 0.1) is 25.6 Å². The zero-order chi connectivity index (χ0) is 30.2. The third-order valence-corrected chi connectivity index (χ3v) is 6.72. The molecule has 5 atom stereocenters. The zero-order valence-electron chi connectivity index (χ0n) is 24.2. The van der Waals surface area contributed by atoms with Gasteiger partial charge < -0.3 is 43.3 Å². The SMILES string of the molecule is CC(=O)OC[C@H]1O[C@@H](N2C=CN(CCN3C=CN(Cc4ccccn4)C3)C2)[C@H](OC(C)=O)[C@@H](OC(C)=O)[C@@H]1OC(C)=O. The molecule has 0 radical (unpaired) electrons. The van der Waals surface area contributed by atoms with Crippen LogP contribution in [0, 0.1) is 0 Å². The van der Waals surface area contributed by atoms with Crippen molar-refractivity contribution in [1.29, 1.82) is 0 Å². The minimum Gasteiger partial charge on any atom is -0.463 e. The molecule has 0 aromatic carbocycles. The molecule has 0 aliphatic carbocycles. The fourth-order valence-corrected chi connectivity index (χ4v) is 4.99. The van der Waals surface area contributed by atoms with Gasteiger partial charge in [0.2, 0.25) is 0 Å². The minimum atomic E-state index is -1.21. The molecule has 0 amide bonds. The quantitative estimate of drug-likeness (QED) is 0.266. The molecule has 3 aliphatic heterocycles. The Labute approximate surface area is 244 Å². The van der Waals surface area contributed by atoms with Crippen molar-refractivity contribution in [1.82, 2.24) is 24.6 Å². The molecule has 228 valence electrons. The van der Waals surface area contributed by atoms with Crippen LogP contribution in [0.2, 0.25) is 0 Å². The summed E-state index contributed by atoms with van der Waals surface area (Å²) in [6.07, 6.45) is 4.06. The molecular formula is C28H37N5O9. The van der Waals surface area contributed by atoms with Crippen LogP contribution in [-0.4, -0.2) is 112 Å². The van der Waals surface area contributed by atoms with E-state index >= 15 is 0 Å². The first-order valence-electron chi connectivity index (χ1n) is 13.6. The third-order valence-electron chi connectivity index (χ3n) is 6.72. The maximum atomic E-state index is 12.1. The highest BCUT2D eigenvalue weighted by Gasteiger charge is 2.54. The molecule has 0 N–H and O–H groups in total. The summed E-state index contributed by atoms with van der Waals surface area (Å²) in [6, 6.07) is 5.86. The third kappa shape index (κ3) is 8.35. The summed E-state index contributed by atoms with van der Waals surface area (Å²) in [4.78, 5) is 60.3. The van der Waals surface area contributed by atoms with Crippen molar-refractivity contribution >= 4 is 23.9 Å². The van der Waals surface area contributed by atoms with Crippen molar-refractivity contribution < 1.29 is 42.9 Å². The van der Waals surface area contributed by atoms with Gasteiger partial charge in [0.1, 0.15) is 12.7 Å². The summed E-state index contributed by atoms with van der Waals surface area (Å²) in [5.41, 5.74) is 0.993. The molecule has 3 aliphatic rings. The fourth-order valence-electron chi connectivity index (χ4n) is 4.99. The second-order valence-electron chi connectivity index (χ2n) is 10.2. The van der Waals surface area contributed by atoms with Gasteiger partial charge in [0.25, 0.3) is 0 Å². The van der Waals surface area contributed by atoms with Crippen LogP contribution >= 0.6 is 0 Å². The molecule has 0 saturated carbocycles. The van der Waals surface area contributed by atoms with E-state index in [1.54, 1.807) is 17.3 Å². The van der Waals surface area contributed by atoms with Gasteiger partial charge in [0.15, 0.2) is 24.5 Å². The second kappa shape index (κ2) is 14.0. The molecule has 0 spiro atoms. The van der Waals surface area contributed by atoms with E-state index in [1.807, 2.05) is 36.8 Å². The highest BCUT2D eigenvalue weighted by Crippen LogP contribution is 2.32. The minimum absolute atomic E-state index is 0.272. The lowest BCUT2D eigenvalue weighted by molar-refractivity contribution is -0.274. The molecule has 1 fully saturated rings. The van der Waals surface area contributed by atoms with Crippen molar-refractivity contribution in [3.8, 4) is 0 Å². The number of rotatable bonds is 11. The number of pyridine rings is 1. The molecule has 4 rings (SSSR count). The van der Waals surface area contributed by atoms with E-state index in [9.17, 15) is 19.2 Å². The summed E-state index contributed by atoms with van der Waals surface area (Å²) < 4.78 is 28.0. The lowest BCUT2D eigenvalue weighted by atomic mass is 9.96. The molecule has 14 heteroatoms. The van der Waals surface area contributed by atoms with E-state index in [-0.39, 0.29) is 6.61 Å². The topological polar surface area (TPSA) is 140 Å². The van der Waals surface area contributed by atoms with Crippen LogP contribution in [-0.2, 0) is 49.4 Å². The Kier molecular flexibility index (Phi) is 10.2. The number of hydrogen-bond donors (Lipinski definition) is 0. The van der Waals surface area contributed by atoms with E-state index in [0.29, 0.717) is 19.8 Å². The molecular weight excluding hydrogens is 550 g/mol. The molecule has 42 heavy (non-hydrogen) atoms. The van der Waals surface area contributed by atoms with Crippen molar-refractivity contribution in [2.75, 3.05) is 33.0 Å². The maximum absolute atomic E-state index is 12.1. The van der Waals surface area contributed by atoms with Crippen molar-refractivity contribution in [3.05, 3.63) is 54.9 Å². The Morgan fingerprint density at radius 3 is 2.05 bits per heavy atom. The predicted octanol–water partition coefficient (Wildman–Crippen LogP) is 0.757. The Morgan fingerprint density at radius 2 is 1.40 bits per heavy atom. The van der Waals surface area contributed by atoms with Gasteiger partial charge in [-0.15, -0.1) is 0 Å². The van der Waals surface area contributed by atoms with E-state index in [4.69, 9.17) is 23.7 Å². The number of carbonyl (C=O) groups is 4. The second-order valence-corrected chi connectivity index (χ2v) is 10.2. The average molecular weight is 588 g/mol. The highest BCUT2D eigenvalue weighted by atomic mass is 16.7. The van der Waals surface area contributed by atoms with E-state index in [0.717, 1.165) is 18.9 Å². The molecule has 4 heterocycles. The van der Waals surface area contributed by atoms with Gasteiger partial charge >= 0.3 is 23.9 Å². The molecule has 14 nitrogen and oxygen atoms in total. The summed E-state index contributed by atoms with van der Waals surface area (Å²) in [5.74, 6) is -2.54. The lowest BCUT2D eigenvalue weighted by Gasteiger charge is -2.47.